The fraction of sp³-hybridized carbons (Fsp3) is 0. The van der Waals surface area contributed by atoms with E-state index in [2.05, 4.69) is 10.3 Å². The van der Waals surface area contributed by atoms with E-state index < -0.39 is 0 Å². The number of oxazole rings is 1. The van der Waals surface area contributed by atoms with Crippen LogP contribution in [0.5, 0.6) is 0 Å². The van der Waals surface area contributed by atoms with Crippen molar-refractivity contribution < 1.29 is 4.42 Å². The maximum atomic E-state index is 5.82. The molecule has 0 aliphatic carbocycles. The molecule has 3 rings (SSSR count). The third kappa shape index (κ3) is 2.10. The topological polar surface area (TPSA) is 64.1 Å². The van der Waals surface area contributed by atoms with E-state index in [-0.39, 0.29) is 0 Å². The Bertz CT molecular complexity index is 691. The Morgan fingerprint density at radius 1 is 1.11 bits per heavy atom. The lowest BCUT2D eigenvalue weighted by molar-refractivity contribution is 0.623. The molecule has 18 heavy (non-hydrogen) atoms. The van der Waals surface area contributed by atoms with Gasteiger partial charge in [-0.15, -0.1) is 0 Å². The second-order valence-corrected chi connectivity index (χ2v) is 4.31. The normalized spacial score (nSPS) is 10.7. The number of nitrogen functional groups attached to an aromatic ring is 1. The molecular weight excluding hydrogens is 250 g/mol. The van der Waals surface area contributed by atoms with E-state index in [1.165, 1.54) is 0 Å². The Kier molecular flexibility index (Phi) is 2.57. The molecule has 1 heterocycles. The molecule has 0 saturated carbocycles. The van der Waals surface area contributed by atoms with Gasteiger partial charge < -0.3 is 15.5 Å². The molecule has 0 radical (unpaired) electrons. The highest BCUT2D eigenvalue weighted by Gasteiger charge is 2.05. The summed E-state index contributed by atoms with van der Waals surface area (Å²) in [6.45, 7) is 0. The predicted molar refractivity (Wildman–Crippen MR) is 73.2 cm³/mol. The first-order valence-corrected chi connectivity index (χ1v) is 5.77. The Morgan fingerprint density at radius 3 is 2.67 bits per heavy atom. The number of benzene rings is 2. The lowest BCUT2D eigenvalue weighted by Gasteiger charge is -2.00. The average molecular weight is 260 g/mol. The van der Waals surface area contributed by atoms with Crippen LogP contribution < -0.4 is 11.1 Å². The zero-order valence-corrected chi connectivity index (χ0v) is 10.1. The van der Waals surface area contributed by atoms with Gasteiger partial charge in [-0.25, -0.2) is 0 Å². The number of aromatic nitrogens is 1. The summed E-state index contributed by atoms with van der Waals surface area (Å²) >= 11 is 5.82. The molecule has 0 saturated heterocycles. The van der Waals surface area contributed by atoms with E-state index in [1.807, 2.05) is 12.1 Å². The largest absolute Gasteiger partial charge is 0.423 e. The lowest BCUT2D eigenvalue weighted by atomic mass is 10.3. The highest BCUT2D eigenvalue weighted by molar-refractivity contribution is 6.30. The first kappa shape index (κ1) is 10.9. The minimum Gasteiger partial charge on any atom is -0.423 e. The molecule has 0 amide bonds. The molecule has 0 aliphatic heterocycles. The van der Waals surface area contributed by atoms with E-state index >= 15 is 0 Å². The lowest BCUT2D eigenvalue weighted by Crippen LogP contribution is -1.89. The molecule has 1 aromatic heterocycles. The highest BCUT2D eigenvalue weighted by atomic mass is 35.5. The summed E-state index contributed by atoms with van der Waals surface area (Å²) in [4.78, 5) is 4.30. The molecule has 0 bridgehead atoms. The van der Waals surface area contributed by atoms with E-state index in [0.717, 1.165) is 11.2 Å². The fourth-order valence-electron chi connectivity index (χ4n) is 1.65. The zero-order valence-electron chi connectivity index (χ0n) is 9.35. The monoisotopic (exact) mass is 259 g/mol. The molecular formula is C13H10ClN3O. The first-order valence-electron chi connectivity index (χ1n) is 5.39. The van der Waals surface area contributed by atoms with Crippen molar-refractivity contribution in [3.8, 4) is 0 Å². The van der Waals surface area contributed by atoms with Crippen LogP contribution in [0.4, 0.5) is 17.4 Å². The van der Waals surface area contributed by atoms with Gasteiger partial charge in [-0.3, -0.25) is 0 Å². The SMILES string of the molecule is Nc1ccc2oc(Nc3ccc(Cl)cc3)nc2c1. The summed E-state index contributed by atoms with van der Waals surface area (Å²) in [6, 6.07) is 13.1. The van der Waals surface area contributed by atoms with Crippen molar-refractivity contribution >= 4 is 40.1 Å². The van der Waals surface area contributed by atoms with Gasteiger partial charge in [0.1, 0.15) is 5.52 Å². The summed E-state index contributed by atoms with van der Waals surface area (Å²) < 4.78 is 5.55. The Labute approximate surface area is 108 Å². The zero-order chi connectivity index (χ0) is 12.5. The third-order valence-corrected chi connectivity index (χ3v) is 2.76. The van der Waals surface area contributed by atoms with Crippen LogP contribution >= 0.6 is 11.6 Å². The minimum atomic E-state index is 0.429. The summed E-state index contributed by atoms with van der Waals surface area (Å²) in [5.41, 5.74) is 8.63. The van der Waals surface area contributed by atoms with Gasteiger partial charge in [-0.1, -0.05) is 11.6 Å². The van der Waals surface area contributed by atoms with Gasteiger partial charge in [0.15, 0.2) is 5.58 Å². The van der Waals surface area contributed by atoms with E-state index in [0.29, 0.717) is 22.3 Å². The van der Waals surface area contributed by atoms with Gasteiger partial charge in [0.2, 0.25) is 0 Å². The molecule has 2 aromatic carbocycles. The molecule has 3 aromatic rings. The molecule has 0 fully saturated rings. The van der Waals surface area contributed by atoms with Gasteiger partial charge in [0, 0.05) is 16.4 Å². The number of anilines is 3. The number of rotatable bonds is 2. The standard InChI is InChI=1S/C13H10ClN3O/c14-8-1-4-10(5-2-8)16-13-17-11-7-9(15)3-6-12(11)18-13/h1-7H,15H2,(H,16,17). The van der Waals surface area contributed by atoms with Gasteiger partial charge in [0.25, 0.3) is 6.01 Å². The maximum Gasteiger partial charge on any atom is 0.300 e. The smallest absolute Gasteiger partial charge is 0.300 e. The van der Waals surface area contributed by atoms with Crippen molar-refractivity contribution in [2.24, 2.45) is 0 Å². The number of fused-ring (bicyclic) bond motifs is 1. The fourth-order valence-corrected chi connectivity index (χ4v) is 1.78. The maximum absolute atomic E-state index is 5.82. The van der Waals surface area contributed by atoms with E-state index in [4.69, 9.17) is 21.8 Å². The molecule has 5 heteroatoms. The number of nitrogens with one attached hydrogen (secondary N) is 1. The Morgan fingerprint density at radius 2 is 1.89 bits per heavy atom. The molecule has 4 nitrogen and oxygen atoms in total. The molecule has 90 valence electrons. The first-order chi connectivity index (χ1) is 8.70. The van der Waals surface area contributed by atoms with Crippen molar-refractivity contribution in [3.05, 3.63) is 47.5 Å². The number of nitrogens with two attached hydrogens (primary N) is 1. The van der Waals surface area contributed by atoms with Crippen LogP contribution in [0.1, 0.15) is 0 Å². The summed E-state index contributed by atoms with van der Waals surface area (Å²) in [7, 11) is 0. The van der Waals surface area contributed by atoms with Crippen LogP contribution in [0.2, 0.25) is 5.02 Å². The third-order valence-electron chi connectivity index (χ3n) is 2.51. The molecule has 0 spiro atoms. The number of nitrogens with zero attached hydrogens (tertiary/aromatic N) is 1. The van der Waals surface area contributed by atoms with Crippen LogP contribution in [0.25, 0.3) is 11.1 Å². The van der Waals surface area contributed by atoms with E-state index in [1.54, 1.807) is 30.3 Å². The summed E-state index contributed by atoms with van der Waals surface area (Å²) in [6.07, 6.45) is 0. The average Bonchev–Trinajstić information content (AvgIpc) is 2.73. The number of hydrogen-bond donors (Lipinski definition) is 2. The molecule has 0 unspecified atom stereocenters. The number of halogens is 1. The quantitative estimate of drug-likeness (QED) is 0.687. The van der Waals surface area contributed by atoms with Crippen LogP contribution in [0.3, 0.4) is 0 Å². The second-order valence-electron chi connectivity index (χ2n) is 3.88. The molecule has 3 N–H and O–H groups in total. The van der Waals surface area contributed by atoms with E-state index in [9.17, 15) is 0 Å². The van der Waals surface area contributed by atoms with Gasteiger partial charge in [-0.05, 0) is 42.5 Å². The van der Waals surface area contributed by atoms with Crippen LogP contribution in [-0.2, 0) is 0 Å². The van der Waals surface area contributed by atoms with Crippen LogP contribution in [-0.4, -0.2) is 4.98 Å². The minimum absolute atomic E-state index is 0.429. The van der Waals surface area contributed by atoms with Gasteiger partial charge in [0.05, 0.1) is 0 Å². The van der Waals surface area contributed by atoms with Crippen molar-refractivity contribution in [3.63, 3.8) is 0 Å². The van der Waals surface area contributed by atoms with Crippen molar-refractivity contribution in [2.45, 2.75) is 0 Å². The number of hydrogen-bond acceptors (Lipinski definition) is 4. The van der Waals surface area contributed by atoms with Crippen molar-refractivity contribution in [1.29, 1.82) is 0 Å². The summed E-state index contributed by atoms with van der Waals surface area (Å²) in [5.74, 6) is 0. The van der Waals surface area contributed by atoms with Gasteiger partial charge >= 0.3 is 0 Å². The highest BCUT2D eigenvalue weighted by Crippen LogP contribution is 2.24. The molecule has 0 atom stereocenters. The van der Waals surface area contributed by atoms with Crippen LogP contribution in [0.15, 0.2) is 46.9 Å². The second kappa shape index (κ2) is 4.23. The van der Waals surface area contributed by atoms with Crippen molar-refractivity contribution in [1.82, 2.24) is 4.98 Å². The predicted octanol–water partition coefficient (Wildman–Crippen LogP) is 3.81. The molecule has 0 aliphatic rings. The van der Waals surface area contributed by atoms with Crippen LogP contribution in [0, 0.1) is 0 Å². The Balaban J connectivity index is 1.92. The Hall–Kier alpha value is -2.20. The van der Waals surface area contributed by atoms with Crippen molar-refractivity contribution in [2.75, 3.05) is 11.1 Å². The summed E-state index contributed by atoms with van der Waals surface area (Å²) in [5, 5.41) is 3.75. The van der Waals surface area contributed by atoms with Gasteiger partial charge in [-0.2, -0.15) is 4.98 Å².